The van der Waals surface area contributed by atoms with Gasteiger partial charge < -0.3 is 0 Å². The quantitative estimate of drug-likeness (QED) is 0.369. The van der Waals surface area contributed by atoms with Crippen molar-refractivity contribution in [2.75, 3.05) is 0 Å². The molecule has 0 unspecified atom stereocenters. The Balaban J connectivity index is 8.22. The second-order valence-corrected chi connectivity index (χ2v) is 5.06. The molecule has 0 spiro atoms. The molecule has 0 radical (unpaired) electrons. The van der Waals surface area contributed by atoms with Crippen LogP contribution in [0.2, 0.25) is 0 Å². The standard InChI is InChI=1S/C9F20/c10-3(11,1(4(12,13)14,5(15,16)17)6(18,19)20)2(7(21,22)23,8(24,25)26)9(27,28)29. The Bertz CT molecular complexity index is 458. The minimum absolute atomic E-state index is 8.88. The van der Waals surface area contributed by atoms with E-state index in [9.17, 15) is 87.8 Å². The summed E-state index contributed by atoms with van der Waals surface area (Å²) in [6.07, 6.45) is -53.2. The molecule has 0 aliphatic heterocycles. The van der Waals surface area contributed by atoms with Crippen LogP contribution >= 0.6 is 0 Å². The van der Waals surface area contributed by atoms with E-state index in [1.807, 2.05) is 0 Å². The van der Waals surface area contributed by atoms with Crippen LogP contribution in [0.15, 0.2) is 0 Å². The van der Waals surface area contributed by atoms with Crippen LogP contribution in [0.4, 0.5) is 87.8 Å². The first kappa shape index (κ1) is 27.6. The first-order chi connectivity index (χ1) is 12.0. The maximum absolute atomic E-state index is 13.7. The summed E-state index contributed by atoms with van der Waals surface area (Å²) in [5.41, 5.74) is -18.9. The third kappa shape index (κ3) is 3.23. The molecule has 0 atom stereocenters. The fourth-order valence-electron chi connectivity index (χ4n) is 2.31. The molecule has 0 amide bonds. The van der Waals surface area contributed by atoms with Crippen molar-refractivity contribution in [1.29, 1.82) is 0 Å². The van der Waals surface area contributed by atoms with Crippen LogP contribution in [0.1, 0.15) is 0 Å². The molecule has 0 nitrogen and oxygen atoms in total. The summed E-state index contributed by atoms with van der Waals surface area (Å²) in [5, 5.41) is 0. The first-order valence-corrected chi connectivity index (χ1v) is 5.78. The van der Waals surface area contributed by atoms with E-state index in [4.69, 9.17) is 0 Å². The molecular weight excluding hydrogens is 488 g/mol. The Morgan fingerprint density at radius 3 is 0.379 bits per heavy atom. The summed E-state index contributed by atoms with van der Waals surface area (Å²) in [6.45, 7) is 0. The van der Waals surface area contributed by atoms with E-state index in [0.29, 0.717) is 0 Å². The zero-order valence-corrected chi connectivity index (χ0v) is 12.1. The first-order valence-electron chi connectivity index (χ1n) is 5.78. The summed E-state index contributed by atoms with van der Waals surface area (Å²) in [7, 11) is 0. The van der Waals surface area contributed by atoms with Gasteiger partial charge in [-0.05, 0) is 0 Å². The van der Waals surface area contributed by atoms with Crippen molar-refractivity contribution < 1.29 is 87.8 Å². The van der Waals surface area contributed by atoms with Crippen LogP contribution in [0.25, 0.3) is 0 Å². The molecule has 0 N–H and O–H groups in total. The molecule has 0 saturated carbocycles. The highest BCUT2D eigenvalue weighted by Gasteiger charge is 3.06. The van der Waals surface area contributed by atoms with Gasteiger partial charge in [0.2, 0.25) is 0 Å². The third-order valence-corrected chi connectivity index (χ3v) is 3.49. The smallest absolute Gasteiger partial charge is 0.203 e. The van der Waals surface area contributed by atoms with Gasteiger partial charge in [-0.3, -0.25) is 0 Å². The van der Waals surface area contributed by atoms with Gasteiger partial charge in [-0.1, -0.05) is 0 Å². The Morgan fingerprint density at radius 1 is 0.207 bits per heavy atom. The Morgan fingerprint density at radius 2 is 0.310 bits per heavy atom. The summed E-state index contributed by atoms with van der Waals surface area (Å²) >= 11 is 0. The molecule has 29 heavy (non-hydrogen) atoms. The van der Waals surface area contributed by atoms with E-state index >= 15 is 0 Å². The largest absolute Gasteiger partial charge is 0.418 e. The van der Waals surface area contributed by atoms with E-state index in [1.165, 1.54) is 0 Å². The van der Waals surface area contributed by atoms with Crippen LogP contribution in [0.5, 0.6) is 0 Å². The second kappa shape index (κ2) is 6.30. The van der Waals surface area contributed by atoms with E-state index in [1.54, 1.807) is 0 Å². The van der Waals surface area contributed by atoms with Crippen LogP contribution in [0, 0.1) is 10.8 Å². The van der Waals surface area contributed by atoms with Crippen molar-refractivity contribution in [1.82, 2.24) is 0 Å². The summed E-state index contributed by atoms with van der Waals surface area (Å²) < 4.78 is 253. The van der Waals surface area contributed by atoms with Gasteiger partial charge >= 0.3 is 53.8 Å². The molecule has 20 heteroatoms. The fraction of sp³-hybridized carbons (Fsp3) is 1.00. The zero-order chi connectivity index (χ0) is 24.5. The van der Waals surface area contributed by atoms with E-state index in [0.717, 1.165) is 0 Å². The predicted octanol–water partition coefficient (Wildman–Crippen LogP) is 6.97. The molecule has 0 rings (SSSR count). The highest BCUT2D eigenvalue weighted by atomic mass is 19.5. The molecule has 0 aliphatic rings. The van der Waals surface area contributed by atoms with E-state index in [2.05, 4.69) is 0 Å². The predicted molar refractivity (Wildman–Crippen MR) is 46.1 cm³/mol. The van der Waals surface area contributed by atoms with Gasteiger partial charge in [-0.15, -0.1) is 0 Å². The monoisotopic (exact) mass is 488 g/mol. The van der Waals surface area contributed by atoms with Crippen molar-refractivity contribution in [3.63, 3.8) is 0 Å². The van der Waals surface area contributed by atoms with Crippen molar-refractivity contribution >= 4 is 0 Å². The van der Waals surface area contributed by atoms with Gasteiger partial charge in [-0.25, -0.2) is 8.78 Å². The van der Waals surface area contributed by atoms with Crippen molar-refractivity contribution in [2.24, 2.45) is 10.8 Å². The Kier molecular flexibility index (Phi) is 6.00. The van der Waals surface area contributed by atoms with E-state index < -0.39 is 53.8 Å². The SMILES string of the molecule is FC(F)(F)C(C(F)(F)F)(C(F)(F)F)C(F)(F)C(C(F)(F)F)(C(F)(F)F)C(F)(F)F. The lowest BCUT2D eigenvalue weighted by Crippen LogP contribution is -2.80. The molecule has 0 saturated heterocycles. The highest BCUT2D eigenvalue weighted by molar-refractivity contribution is 5.20. The minimum Gasteiger partial charge on any atom is -0.203 e. The average Bonchev–Trinajstić information content (AvgIpc) is 2.12. The number of rotatable bonds is 2. The number of hydrogen-bond acceptors (Lipinski definition) is 0. The molecule has 0 fully saturated rings. The van der Waals surface area contributed by atoms with Gasteiger partial charge in [0.15, 0.2) is 0 Å². The maximum atomic E-state index is 13.7. The molecule has 0 aromatic carbocycles. The van der Waals surface area contributed by atoms with Gasteiger partial charge in [0.05, 0.1) is 0 Å². The van der Waals surface area contributed by atoms with Crippen LogP contribution < -0.4 is 0 Å². The maximum Gasteiger partial charge on any atom is 0.418 e. The van der Waals surface area contributed by atoms with E-state index in [-0.39, 0.29) is 0 Å². The van der Waals surface area contributed by atoms with Gasteiger partial charge in [0.1, 0.15) is 0 Å². The van der Waals surface area contributed by atoms with Crippen LogP contribution in [-0.4, -0.2) is 43.0 Å². The lowest BCUT2D eigenvalue weighted by molar-refractivity contribution is -0.549. The molecule has 0 heterocycles. The highest BCUT2D eigenvalue weighted by Crippen LogP contribution is 2.77. The molecule has 0 aromatic rings. The summed E-state index contributed by atoms with van der Waals surface area (Å²) in [6, 6.07) is 0. The number of alkyl halides is 20. The van der Waals surface area contributed by atoms with Crippen LogP contribution in [0.3, 0.4) is 0 Å². The van der Waals surface area contributed by atoms with Gasteiger partial charge in [0, 0.05) is 0 Å². The third-order valence-electron chi connectivity index (χ3n) is 3.49. The molecule has 0 aromatic heterocycles. The molecule has 0 aliphatic carbocycles. The van der Waals surface area contributed by atoms with Crippen molar-refractivity contribution in [3.8, 4) is 0 Å². The molecule has 0 bridgehead atoms. The lowest BCUT2D eigenvalue weighted by Gasteiger charge is -2.51. The lowest BCUT2D eigenvalue weighted by atomic mass is 9.63. The fourth-order valence-corrected chi connectivity index (χ4v) is 2.31. The number of halogens is 20. The summed E-state index contributed by atoms with van der Waals surface area (Å²) in [5.74, 6) is -9.72. The molecule has 176 valence electrons. The topological polar surface area (TPSA) is 0 Å². The molecular formula is C9F20. The van der Waals surface area contributed by atoms with Crippen molar-refractivity contribution in [2.45, 2.75) is 43.0 Å². The van der Waals surface area contributed by atoms with Crippen molar-refractivity contribution in [3.05, 3.63) is 0 Å². The Hall–Kier alpha value is -1.40. The van der Waals surface area contributed by atoms with Crippen LogP contribution in [-0.2, 0) is 0 Å². The second-order valence-electron chi connectivity index (χ2n) is 5.06. The number of hydrogen-bond donors (Lipinski definition) is 0. The van der Waals surface area contributed by atoms with Gasteiger partial charge in [-0.2, -0.15) is 79.0 Å². The summed E-state index contributed by atoms with van der Waals surface area (Å²) in [4.78, 5) is 0. The minimum atomic E-state index is -9.72. The zero-order valence-electron chi connectivity index (χ0n) is 12.1. The normalized spacial score (nSPS) is 17.0. The Labute approximate surface area is 143 Å². The average molecular weight is 488 g/mol. The van der Waals surface area contributed by atoms with Gasteiger partial charge in [0.25, 0.3) is 0 Å².